The Kier molecular flexibility index (Phi) is 6.48. The highest BCUT2D eigenvalue weighted by Gasteiger charge is 2.18. The van der Waals surface area contributed by atoms with Crippen molar-refractivity contribution in [1.82, 2.24) is 19.9 Å². The number of nitrogens with zero attached hydrogens (tertiary/aromatic N) is 4. The van der Waals surface area contributed by atoms with Gasteiger partial charge in [-0.15, -0.1) is 0 Å². The van der Waals surface area contributed by atoms with Crippen LogP contribution in [0.15, 0.2) is 174 Å². The first-order valence-electron chi connectivity index (χ1n) is 17.7. The van der Waals surface area contributed by atoms with Crippen LogP contribution >= 0.6 is 0 Å². The lowest BCUT2D eigenvalue weighted by molar-refractivity contribution is 0.623. The molecule has 0 aliphatic carbocycles. The Balaban J connectivity index is 1.14. The number of benzene rings is 9. The van der Waals surface area contributed by atoms with Crippen molar-refractivity contribution < 1.29 is 4.42 Å². The molecule has 5 heteroatoms. The lowest BCUT2D eigenvalue weighted by atomic mass is 9.95. The van der Waals surface area contributed by atoms with Gasteiger partial charge in [0.15, 0.2) is 23.1 Å². The van der Waals surface area contributed by atoms with Crippen LogP contribution in [0, 0.1) is 0 Å². The zero-order valence-electron chi connectivity index (χ0n) is 28.4. The second-order valence-corrected chi connectivity index (χ2v) is 13.4. The summed E-state index contributed by atoms with van der Waals surface area (Å²) in [5.74, 6) is 2.52. The van der Waals surface area contributed by atoms with Gasteiger partial charge in [0, 0.05) is 33.0 Å². The Bertz CT molecular complexity index is 3130. The van der Waals surface area contributed by atoms with E-state index in [1.165, 1.54) is 0 Å². The minimum atomic E-state index is 0.617. The molecule has 0 N–H and O–H groups in total. The molecule has 246 valence electrons. The topological polar surface area (TPSA) is 64.7 Å². The van der Waals surface area contributed by atoms with Crippen LogP contribution in [0.4, 0.5) is 0 Å². The molecule has 0 saturated carbocycles. The van der Waals surface area contributed by atoms with Crippen molar-refractivity contribution in [3.63, 3.8) is 0 Å². The molecule has 0 spiro atoms. The average Bonchev–Trinajstić information content (AvgIpc) is 3.68. The second-order valence-electron chi connectivity index (χ2n) is 13.4. The molecule has 0 amide bonds. The Morgan fingerprint density at radius 1 is 0.340 bits per heavy atom. The zero-order chi connectivity index (χ0) is 34.9. The molecule has 5 nitrogen and oxygen atoms in total. The normalized spacial score (nSPS) is 11.8. The van der Waals surface area contributed by atoms with Gasteiger partial charge in [0.2, 0.25) is 5.89 Å². The van der Waals surface area contributed by atoms with Gasteiger partial charge < -0.3 is 4.42 Å². The van der Waals surface area contributed by atoms with Crippen LogP contribution in [0.25, 0.3) is 111 Å². The van der Waals surface area contributed by atoms with Crippen molar-refractivity contribution in [3.05, 3.63) is 170 Å². The molecule has 0 saturated heterocycles. The Labute approximate surface area is 303 Å². The van der Waals surface area contributed by atoms with E-state index in [2.05, 4.69) is 133 Å². The van der Waals surface area contributed by atoms with Crippen LogP contribution in [-0.4, -0.2) is 19.9 Å². The maximum absolute atomic E-state index is 6.55. The van der Waals surface area contributed by atoms with E-state index in [1.807, 2.05) is 36.4 Å². The summed E-state index contributed by atoms with van der Waals surface area (Å²) in [7, 11) is 0. The third-order valence-electron chi connectivity index (χ3n) is 10.3. The quantitative estimate of drug-likeness (QED) is 0.174. The molecule has 0 radical (unpaired) electrons. The van der Waals surface area contributed by atoms with Gasteiger partial charge in [-0.2, -0.15) is 0 Å². The monoisotopic (exact) mass is 676 g/mol. The van der Waals surface area contributed by atoms with E-state index in [0.717, 1.165) is 87.2 Å². The maximum Gasteiger partial charge on any atom is 0.227 e. The van der Waals surface area contributed by atoms with Crippen molar-refractivity contribution in [3.8, 4) is 45.6 Å². The van der Waals surface area contributed by atoms with Crippen LogP contribution in [0.5, 0.6) is 0 Å². The van der Waals surface area contributed by atoms with Crippen LogP contribution in [-0.2, 0) is 0 Å². The molecule has 2 heterocycles. The molecule has 0 atom stereocenters. The third kappa shape index (κ3) is 4.79. The molecule has 11 rings (SSSR count). The first-order chi connectivity index (χ1) is 26.2. The molecular weight excluding hydrogens is 649 g/mol. The minimum Gasteiger partial charge on any atom is -0.435 e. The Morgan fingerprint density at radius 3 is 1.60 bits per heavy atom. The minimum absolute atomic E-state index is 0.617. The predicted octanol–water partition coefficient (Wildman–Crippen LogP) is 12.4. The molecule has 0 bridgehead atoms. The fourth-order valence-corrected chi connectivity index (χ4v) is 7.78. The summed E-state index contributed by atoms with van der Waals surface area (Å²) in [6.07, 6.45) is 0. The smallest absolute Gasteiger partial charge is 0.227 e. The van der Waals surface area contributed by atoms with E-state index in [-0.39, 0.29) is 0 Å². The zero-order valence-corrected chi connectivity index (χ0v) is 28.4. The first kappa shape index (κ1) is 29.5. The van der Waals surface area contributed by atoms with Crippen LogP contribution in [0.1, 0.15) is 0 Å². The van der Waals surface area contributed by atoms with Gasteiger partial charge >= 0.3 is 0 Å². The molecule has 0 unspecified atom stereocenters. The van der Waals surface area contributed by atoms with Gasteiger partial charge in [-0.3, -0.25) is 0 Å². The molecule has 53 heavy (non-hydrogen) atoms. The standard InChI is InChI=1S/C48H28N4O/c1-2-12-33(13-3-1)48-49-41-27-25-32-21-20-31-22-23-34-28-35(24-26-38(34)42(31)43(32)44(41)53-48)45-50-46(39-18-8-14-29-10-4-6-16-36(29)39)52-47(51-45)40-19-9-15-30-11-5-7-17-37(30)40/h1-28H. The van der Waals surface area contributed by atoms with Gasteiger partial charge in [-0.25, -0.2) is 19.9 Å². The number of rotatable bonds is 4. The van der Waals surface area contributed by atoms with Crippen molar-refractivity contribution in [2.75, 3.05) is 0 Å². The number of oxazole rings is 1. The summed E-state index contributed by atoms with van der Waals surface area (Å²) < 4.78 is 6.55. The molecule has 0 fully saturated rings. The SMILES string of the molecule is c1ccc(-c2nc3ccc4ccc5ccc6cc(-c7nc(-c8cccc9ccccc89)nc(-c8cccc9ccccc89)n7)ccc6c5c4c3o2)cc1. The molecule has 11 aromatic rings. The number of fused-ring (bicyclic) bond motifs is 9. The summed E-state index contributed by atoms with van der Waals surface area (Å²) in [6, 6.07) is 58.8. The predicted molar refractivity (Wildman–Crippen MR) is 217 cm³/mol. The summed E-state index contributed by atoms with van der Waals surface area (Å²) >= 11 is 0. The molecule has 0 aliphatic rings. The lowest BCUT2D eigenvalue weighted by Gasteiger charge is -2.13. The van der Waals surface area contributed by atoms with E-state index in [0.29, 0.717) is 23.4 Å². The summed E-state index contributed by atoms with van der Waals surface area (Å²) in [4.78, 5) is 20.4. The van der Waals surface area contributed by atoms with Crippen molar-refractivity contribution in [2.24, 2.45) is 0 Å². The number of hydrogen-bond donors (Lipinski definition) is 0. The van der Waals surface area contributed by atoms with E-state index in [9.17, 15) is 0 Å². The van der Waals surface area contributed by atoms with E-state index in [1.54, 1.807) is 0 Å². The van der Waals surface area contributed by atoms with Crippen molar-refractivity contribution >= 4 is 65.0 Å². The van der Waals surface area contributed by atoms with Crippen LogP contribution < -0.4 is 0 Å². The van der Waals surface area contributed by atoms with E-state index >= 15 is 0 Å². The largest absolute Gasteiger partial charge is 0.435 e. The highest BCUT2D eigenvalue weighted by Crippen LogP contribution is 2.39. The average molecular weight is 677 g/mol. The maximum atomic E-state index is 6.55. The van der Waals surface area contributed by atoms with Gasteiger partial charge in [-0.1, -0.05) is 146 Å². The van der Waals surface area contributed by atoms with E-state index < -0.39 is 0 Å². The second kappa shape index (κ2) is 11.7. The first-order valence-corrected chi connectivity index (χ1v) is 17.7. The van der Waals surface area contributed by atoms with Crippen LogP contribution in [0.2, 0.25) is 0 Å². The highest BCUT2D eigenvalue weighted by molar-refractivity contribution is 6.26. The van der Waals surface area contributed by atoms with Gasteiger partial charge in [0.1, 0.15) is 5.52 Å². The fourth-order valence-electron chi connectivity index (χ4n) is 7.78. The Morgan fingerprint density at radius 2 is 0.906 bits per heavy atom. The van der Waals surface area contributed by atoms with Crippen molar-refractivity contribution in [2.45, 2.75) is 0 Å². The number of hydrogen-bond acceptors (Lipinski definition) is 5. The molecule has 2 aromatic heterocycles. The van der Waals surface area contributed by atoms with Gasteiger partial charge in [0.05, 0.1) is 0 Å². The van der Waals surface area contributed by atoms with Gasteiger partial charge in [0.25, 0.3) is 0 Å². The van der Waals surface area contributed by atoms with E-state index in [4.69, 9.17) is 24.4 Å². The fraction of sp³-hybridized carbons (Fsp3) is 0. The molecule has 9 aromatic carbocycles. The molecule has 0 aliphatic heterocycles. The summed E-state index contributed by atoms with van der Waals surface area (Å²) in [5.41, 5.74) is 5.44. The third-order valence-corrected chi connectivity index (χ3v) is 10.3. The van der Waals surface area contributed by atoms with Crippen LogP contribution in [0.3, 0.4) is 0 Å². The number of aromatic nitrogens is 4. The molecular formula is C48H28N4O. The van der Waals surface area contributed by atoms with Crippen molar-refractivity contribution in [1.29, 1.82) is 0 Å². The lowest BCUT2D eigenvalue weighted by Crippen LogP contribution is -2.01. The summed E-state index contributed by atoms with van der Waals surface area (Å²) in [5, 5.41) is 11.1. The Hall–Kier alpha value is -7.24. The highest BCUT2D eigenvalue weighted by atomic mass is 16.3. The van der Waals surface area contributed by atoms with Gasteiger partial charge in [-0.05, 0) is 67.4 Å². The summed E-state index contributed by atoms with van der Waals surface area (Å²) in [6.45, 7) is 0.